The summed E-state index contributed by atoms with van der Waals surface area (Å²) in [5.41, 5.74) is 3.51. The Morgan fingerprint density at radius 3 is 2.73 bits per heavy atom. The van der Waals surface area contributed by atoms with Crippen molar-refractivity contribution in [2.45, 2.75) is 70.3 Å². The summed E-state index contributed by atoms with van der Waals surface area (Å²) in [5.74, 6) is 1.87. The van der Waals surface area contributed by atoms with Crippen LogP contribution in [0, 0.1) is 23.2 Å². The standard InChI is InChI=1S/C26H32O4/c27-19-7-9-20-18(16-19)6-8-22-21(20)12-13-26(23(22)10-11-24(26)28)14-15-30-25(29)17-4-2-1-3-5-17/h1-5,21-24,28H,6-16H2/t21?,22?,23?,24-,26+/m0/s1. The first-order chi connectivity index (χ1) is 14.6. The fourth-order valence-electron chi connectivity index (χ4n) is 7.30. The Morgan fingerprint density at radius 2 is 1.90 bits per heavy atom. The number of ether oxygens (including phenoxy) is 1. The zero-order valence-corrected chi connectivity index (χ0v) is 17.6. The minimum Gasteiger partial charge on any atom is -0.462 e. The average molecular weight is 409 g/mol. The quantitative estimate of drug-likeness (QED) is 0.571. The van der Waals surface area contributed by atoms with Crippen LogP contribution in [0.5, 0.6) is 0 Å². The van der Waals surface area contributed by atoms with Crippen LogP contribution in [-0.2, 0) is 9.53 Å². The Labute approximate surface area is 178 Å². The highest BCUT2D eigenvalue weighted by molar-refractivity contribution is 5.89. The SMILES string of the molecule is O=C1CCC2=C(CCC3C2CC[C@@]2(CCOC(=O)c4ccccc4)C3CC[C@@H]2O)C1. The van der Waals surface area contributed by atoms with Gasteiger partial charge in [-0.25, -0.2) is 4.79 Å². The van der Waals surface area contributed by atoms with E-state index in [1.54, 1.807) is 17.7 Å². The second kappa shape index (κ2) is 7.96. The Morgan fingerprint density at radius 1 is 1.07 bits per heavy atom. The van der Waals surface area contributed by atoms with Gasteiger partial charge in [-0.05, 0) is 81.3 Å². The number of Topliss-reactive ketones (excluding diaryl/α,β-unsaturated/α-hetero) is 1. The molecule has 2 saturated carbocycles. The first kappa shape index (κ1) is 20.0. The molecule has 30 heavy (non-hydrogen) atoms. The summed E-state index contributed by atoms with van der Waals surface area (Å²) < 4.78 is 5.62. The fraction of sp³-hybridized carbons (Fsp3) is 0.615. The molecule has 1 aromatic rings. The summed E-state index contributed by atoms with van der Waals surface area (Å²) in [4.78, 5) is 24.3. The van der Waals surface area contributed by atoms with Crippen molar-refractivity contribution < 1.29 is 19.4 Å². The maximum absolute atomic E-state index is 12.4. The zero-order chi connectivity index (χ0) is 20.7. The van der Waals surface area contributed by atoms with Gasteiger partial charge in [0, 0.05) is 18.3 Å². The largest absolute Gasteiger partial charge is 0.462 e. The van der Waals surface area contributed by atoms with Gasteiger partial charge in [-0.3, -0.25) is 4.79 Å². The monoisotopic (exact) mass is 408 g/mol. The summed E-state index contributed by atoms with van der Waals surface area (Å²) in [5, 5.41) is 11.0. The Hall–Kier alpha value is -1.94. The lowest BCUT2D eigenvalue weighted by molar-refractivity contribution is -0.119. The first-order valence-electron chi connectivity index (χ1n) is 11.7. The summed E-state index contributed by atoms with van der Waals surface area (Å²) in [6, 6.07) is 9.14. The number of fused-ring (bicyclic) bond motifs is 4. The van der Waals surface area contributed by atoms with E-state index < -0.39 is 0 Å². The van der Waals surface area contributed by atoms with E-state index in [-0.39, 0.29) is 17.5 Å². The number of carbonyl (C=O) groups is 2. The Bertz CT molecular complexity index is 857. The van der Waals surface area contributed by atoms with E-state index in [0.717, 1.165) is 57.8 Å². The number of hydrogen-bond donors (Lipinski definition) is 1. The molecule has 0 spiro atoms. The summed E-state index contributed by atoms with van der Waals surface area (Å²) in [6.07, 6.45) is 9.11. The first-order valence-corrected chi connectivity index (χ1v) is 11.7. The second-order valence-corrected chi connectivity index (χ2v) is 9.88. The zero-order valence-electron chi connectivity index (χ0n) is 17.6. The third kappa shape index (κ3) is 3.33. The number of aliphatic hydroxyl groups excluding tert-OH is 1. The van der Waals surface area contributed by atoms with Crippen LogP contribution in [0.15, 0.2) is 41.5 Å². The Balaban J connectivity index is 1.29. The van der Waals surface area contributed by atoms with Gasteiger partial charge in [0.05, 0.1) is 18.3 Å². The molecule has 0 amide bonds. The third-order valence-electron chi connectivity index (χ3n) is 8.68. The molecule has 3 unspecified atom stereocenters. The van der Waals surface area contributed by atoms with Crippen molar-refractivity contribution in [2.75, 3.05) is 6.61 Å². The van der Waals surface area contributed by atoms with E-state index >= 15 is 0 Å². The van der Waals surface area contributed by atoms with Crippen molar-refractivity contribution in [3.63, 3.8) is 0 Å². The molecule has 0 saturated heterocycles. The molecule has 1 aromatic carbocycles. The number of ketones is 1. The van der Waals surface area contributed by atoms with Crippen molar-refractivity contribution in [3.05, 3.63) is 47.0 Å². The Kier molecular flexibility index (Phi) is 5.30. The molecule has 4 aliphatic rings. The van der Waals surface area contributed by atoms with E-state index in [4.69, 9.17) is 4.74 Å². The number of carbonyl (C=O) groups excluding carboxylic acids is 2. The molecule has 0 heterocycles. The minimum atomic E-state index is -0.290. The number of allylic oxidation sites excluding steroid dienone is 2. The third-order valence-corrected chi connectivity index (χ3v) is 8.68. The summed E-state index contributed by atoms with van der Waals surface area (Å²) in [6.45, 7) is 0.376. The number of hydrogen-bond acceptors (Lipinski definition) is 4. The van der Waals surface area contributed by atoms with Gasteiger partial charge in [-0.15, -0.1) is 0 Å². The van der Waals surface area contributed by atoms with Gasteiger partial charge in [0.15, 0.2) is 0 Å². The van der Waals surface area contributed by atoms with Gasteiger partial charge in [-0.1, -0.05) is 29.3 Å². The average Bonchev–Trinajstić information content (AvgIpc) is 3.10. The van der Waals surface area contributed by atoms with Crippen LogP contribution < -0.4 is 0 Å². The molecule has 4 aliphatic carbocycles. The lowest BCUT2D eigenvalue weighted by Gasteiger charge is -2.52. The summed E-state index contributed by atoms with van der Waals surface area (Å²) in [7, 11) is 0. The highest BCUT2D eigenvalue weighted by Gasteiger charge is 2.57. The lowest BCUT2D eigenvalue weighted by atomic mass is 9.53. The van der Waals surface area contributed by atoms with E-state index in [1.165, 1.54) is 5.57 Å². The van der Waals surface area contributed by atoms with E-state index in [9.17, 15) is 14.7 Å². The van der Waals surface area contributed by atoms with Crippen LogP contribution in [0.2, 0.25) is 0 Å². The predicted octanol–water partition coefficient (Wildman–Crippen LogP) is 4.86. The normalized spacial score (nSPS) is 35.4. The predicted molar refractivity (Wildman–Crippen MR) is 114 cm³/mol. The van der Waals surface area contributed by atoms with E-state index in [0.29, 0.717) is 42.1 Å². The molecule has 160 valence electrons. The lowest BCUT2D eigenvalue weighted by Crippen LogP contribution is -2.47. The van der Waals surface area contributed by atoms with Crippen LogP contribution in [-0.4, -0.2) is 29.6 Å². The maximum atomic E-state index is 12.4. The number of rotatable bonds is 4. The molecule has 4 nitrogen and oxygen atoms in total. The van der Waals surface area contributed by atoms with Gasteiger partial charge >= 0.3 is 5.97 Å². The molecule has 0 aliphatic heterocycles. The summed E-state index contributed by atoms with van der Waals surface area (Å²) >= 11 is 0. The van der Waals surface area contributed by atoms with Crippen LogP contribution in [0.1, 0.15) is 74.6 Å². The number of esters is 1. The minimum absolute atomic E-state index is 0.110. The molecule has 5 rings (SSSR count). The molecule has 0 radical (unpaired) electrons. The van der Waals surface area contributed by atoms with Crippen molar-refractivity contribution in [2.24, 2.45) is 23.2 Å². The fourth-order valence-corrected chi connectivity index (χ4v) is 7.30. The highest BCUT2D eigenvalue weighted by Crippen LogP contribution is 2.62. The molecule has 1 N–H and O–H groups in total. The van der Waals surface area contributed by atoms with E-state index in [1.807, 2.05) is 18.2 Å². The van der Waals surface area contributed by atoms with Gasteiger partial charge in [0.25, 0.3) is 0 Å². The van der Waals surface area contributed by atoms with Gasteiger partial charge in [0.2, 0.25) is 0 Å². The van der Waals surface area contributed by atoms with Crippen LogP contribution in [0.4, 0.5) is 0 Å². The number of benzene rings is 1. The molecule has 0 bridgehead atoms. The van der Waals surface area contributed by atoms with E-state index in [2.05, 4.69) is 0 Å². The van der Waals surface area contributed by atoms with Crippen molar-refractivity contribution in [1.82, 2.24) is 0 Å². The molecule has 0 aromatic heterocycles. The molecule has 2 fully saturated rings. The maximum Gasteiger partial charge on any atom is 0.338 e. The number of aliphatic hydroxyl groups is 1. The van der Waals surface area contributed by atoms with Crippen molar-refractivity contribution in [3.8, 4) is 0 Å². The van der Waals surface area contributed by atoms with Crippen LogP contribution in [0.25, 0.3) is 0 Å². The van der Waals surface area contributed by atoms with Crippen molar-refractivity contribution >= 4 is 11.8 Å². The second-order valence-electron chi connectivity index (χ2n) is 9.88. The van der Waals surface area contributed by atoms with Crippen molar-refractivity contribution in [1.29, 1.82) is 0 Å². The molecular formula is C26H32O4. The molecular weight excluding hydrogens is 376 g/mol. The van der Waals surface area contributed by atoms with Gasteiger partial charge in [-0.2, -0.15) is 0 Å². The van der Waals surface area contributed by atoms with Crippen LogP contribution >= 0.6 is 0 Å². The van der Waals surface area contributed by atoms with Gasteiger partial charge in [0.1, 0.15) is 5.78 Å². The molecule has 4 heteroatoms. The van der Waals surface area contributed by atoms with Crippen LogP contribution in [0.3, 0.4) is 0 Å². The molecule has 5 atom stereocenters. The van der Waals surface area contributed by atoms with Gasteiger partial charge < -0.3 is 9.84 Å². The topological polar surface area (TPSA) is 63.6 Å². The smallest absolute Gasteiger partial charge is 0.338 e. The highest BCUT2D eigenvalue weighted by atomic mass is 16.5.